The Labute approximate surface area is 202 Å². The summed E-state index contributed by atoms with van der Waals surface area (Å²) in [5, 5.41) is 8.23. The standard InChI is InChI=1S/C24H19FN6OS2/c1-13(28-17-6-4-3-5-16(17)26)18-7-8-21(33-18)30-24-27-12-19(34-24)22-14(2)29-20-11-15(23(25)32)9-10-31(20)22/h3-12,28H,1,26H2,2H3,(H,27,30). The van der Waals surface area contributed by atoms with E-state index >= 15 is 0 Å². The predicted molar refractivity (Wildman–Crippen MR) is 138 cm³/mol. The van der Waals surface area contributed by atoms with Crippen LogP contribution in [0.1, 0.15) is 20.9 Å². The van der Waals surface area contributed by atoms with Crippen LogP contribution < -0.4 is 16.4 Å². The van der Waals surface area contributed by atoms with Gasteiger partial charge < -0.3 is 16.4 Å². The minimum atomic E-state index is -1.48. The van der Waals surface area contributed by atoms with Gasteiger partial charge in [-0.25, -0.2) is 9.97 Å². The number of para-hydroxylation sites is 2. The molecular formula is C24H19FN6OS2. The van der Waals surface area contributed by atoms with E-state index in [1.165, 1.54) is 23.5 Å². The molecule has 34 heavy (non-hydrogen) atoms. The van der Waals surface area contributed by atoms with E-state index in [1.807, 2.05) is 47.7 Å². The Hall–Kier alpha value is -4.02. The number of nitrogens with two attached hydrogens (primary N) is 1. The minimum Gasteiger partial charge on any atom is -0.397 e. The highest BCUT2D eigenvalue weighted by Gasteiger charge is 2.16. The minimum absolute atomic E-state index is 0.0183. The van der Waals surface area contributed by atoms with E-state index in [9.17, 15) is 9.18 Å². The van der Waals surface area contributed by atoms with Crippen molar-refractivity contribution in [1.29, 1.82) is 0 Å². The number of benzene rings is 1. The molecule has 7 nitrogen and oxygen atoms in total. The predicted octanol–water partition coefficient (Wildman–Crippen LogP) is 6.35. The number of thiophene rings is 1. The number of carbonyl (C=O) groups is 1. The van der Waals surface area contributed by atoms with Gasteiger partial charge in [0.05, 0.1) is 43.1 Å². The van der Waals surface area contributed by atoms with Gasteiger partial charge in [-0.3, -0.25) is 9.20 Å². The summed E-state index contributed by atoms with van der Waals surface area (Å²) < 4.78 is 14.9. The molecule has 1 aromatic carbocycles. The van der Waals surface area contributed by atoms with Crippen LogP contribution in [0.3, 0.4) is 0 Å². The van der Waals surface area contributed by atoms with Gasteiger partial charge >= 0.3 is 6.04 Å². The second-order valence-corrected chi connectivity index (χ2v) is 9.59. The van der Waals surface area contributed by atoms with Crippen molar-refractivity contribution in [3.63, 3.8) is 0 Å². The van der Waals surface area contributed by atoms with Crippen molar-refractivity contribution in [2.75, 3.05) is 16.4 Å². The summed E-state index contributed by atoms with van der Waals surface area (Å²) in [5.41, 5.74) is 10.3. The lowest BCUT2D eigenvalue weighted by Crippen LogP contribution is -1.99. The van der Waals surface area contributed by atoms with Crippen LogP contribution in [0.25, 0.3) is 21.9 Å². The molecule has 0 spiro atoms. The topological polar surface area (TPSA) is 97.3 Å². The molecule has 0 fully saturated rings. The molecule has 0 unspecified atom stereocenters. The lowest BCUT2D eigenvalue weighted by molar-refractivity contribution is 0.0836. The molecular weight excluding hydrogens is 471 g/mol. The number of carbonyl (C=O) groups excluding carboxylic acids is 1. The van der Waals surface area contributed by atoms with Crippen LogP contribution >= 0.6 is 22.7 Å². The van der Waals surface area contributed by atoms with E-state index in [-0.39, 0.29) is 5.56 Å². The van der Waals surface area contributed by atoms with Gasteiger partial charge in [0.15, 0.2) is 5.13 Å². The third kappa shape index (κ3) is 4.16. The maximum absolute atomic E-state index is 13.1. The average Bonchev–Trinajstić information content (AvgIpc) is 3.53. The van der Waals surface area contributed by atoms with E-state index in [1.54, 1.807) is 23.7 Å². The fourth-order valence-corrected chi connectivity index (χ4v) is 5.35. The van der Waals surface area contributed by atoms with Gasteiger partial charge in [-0.05, 0) is 43.3 Å². The summed E-state index contributed by atoms with van der Waals surface area (Å²) in [6.07, 6.45) is 3.42. The van der Waals surface area contributed by atoms with Crippen LogP contribution in [0.4, 0.5) is 25.9 Å². The second-order valence-electron chi connectivity index (χ2n) is 7.47. The zero-order valence-electron chi connectivity index (χ0n) is 18.0. The molecule has 0 radical (unpaired) electrons. The fraction of sp³-hybridized carbons (Fsp3) is 0.0417. The molecule has 4 heterocycles. The summed E-state index contributed by atoms with van der Waals surface area (Å²) in [5.74, 6) is 0. The SMILES string of the molecule is C=C(Nc1ccccc1N)c1ccc(Nc2ncc(-c3c(C)nc4cc(C(=O)F)ccn34)s2)s1. The summed E-state index contributed by atoms with van der Waals surface area (Å²) >= 11 is 3.02. The number of rotatable bonds is 7. The highest BCUT2D eigenvalue weighted by Crippen LogP contribution is 2.36. The van der Waals surface area contributed by atoms with E-state index < -0.39 is 6.04 Å². The van der Waals surface area contributed by atoms with Crippen LogP contribution in [0, 0.1) is 6.92 Å². The first-order chi connectivity index (χ1) is 16.4. The molecule has 0 saturated carbocycles. The average molecular weight is 491 g/mol. The zero-order chi connectivity index (χ0) is 23.8. The molecule has 0 atom stereocenters. The van der Waals surface area contributed by atoms with Crippen LogP contribution in [0.15, 0.2) is 67.5 Å². The highest BCUT2D eigenvalue weighted by atomic mass is 32.1. The van der Waals surface area contributed by atoms with E-state index in [0.29, 0.717) is 11.3 Å². The Morgan fingerprint density at radius 1 is 1.18 bits per heavy atom. The largest absolute Gasteiger partial charge is 0.397 e. The molecule has 170 valence electrons. The molecule has 5 aromatic rings. The number of imidazole rings is 1. The molecule has 5 rings (SSSR count). The normalized spacial score (nSPS) is 11.0. The number of halogens is 1. The Bertz CT molecular complexity index is 1550. The lowest BCUT2D eigenvalue weighted by Gasteiger charge is -2.10. The molecule has 0 aliphatic carbocycles. The number of anilines is 4. The van der Waals surface area contributed by atoms with Gasteiger partial charge in [0.1, 0.15) is 5.65 Å². The number of nitrogen functional groups attached to an aromatic ring is 1. The van der Waals surface area contributed by atoms with Crippen LogP contribution in [-0.4, -0.2) is 20.4 Å². The first-order valence-corrected chi connectivity index (χ1v) is 11.8. The van der Waals surface area contributed by atoms with Crippen molar-refractivity contribution in [1.82, 2.24) is 14.4 Å². The van der Waals surface area contributed by atoms with E-state index in [0.717, 1.165) is 42.7 Å². The Balaban J connectivity index is 1.34. The van der Waals surface area contributed by atoms with Crippen molar-refractivity contribution in [2.45, 2.75) is 6.92 Å². The van der Waals surface area contributed by atoms with Crippen LogP contribution in [0.5, 0.6) is 0 Å². The highest BCUT2D eigenvalue weighted by molar-refractivity contribution is 7.20. The Morgan fingerprint density at radius 2 is 2.00 bits per heavy atom. The number of aryl methyl sites for hydroxylation is 1. The number of nitrogens with zero attached hydrogens (tertiary/aromatic N) is 3. The molecule has 4 N–H and O–H groups in total. The molecule has 10 heteroatoms. The zero-order valence-corrected chi connectivity index (χ0v) is 19.6. The molecule has 0 amide bonds. The monoisotopic (exact) mass is 490 g/mol. The smallest absolute Gasteiger partial charge is 0.332 e. The maximum Gasteiger partial charge on any atom is 0.332 e. The summed E-state index contributed by atoms with van der Waals surface area (Å²) in [6.45, 7) is 5.99. The number of pyridine rings is 1. The first-order valence-electron chi connectivity index (χ1n) is 10.2. The maximum atomic E-state index is 13.1. The molecule has 4 aromatic heterocycles. The summed E-state index contributed by atoms with van der Waals surface area (Å²) in [7, 11) is 0. The van der Waals surface area contributed by atoms with Crippen molar-refractivity contribution in [3.05, 3.63) is 83.6 Å². The molecule has 0 bridgehead atoms. The second kappa shape index (κ2) is 8.73. The molecule has 0 aliphatic rings. The number of hydrogen-bond acceptors (Lipinski definition) is 8. The Kier molecular flexibility index (Phi) is 5.60. The molecule has 0 aliphatic heterocycles. The summed E-state index contributed by atoms with van der Waals surface area (Å²) in [4.78, 5) is 21.9. The van der Waals surface area contributed by atoms with Gasteiger partial charge in [0, 0.05) is 18.1 Å². The first kappa shape index (κ1) is 21.8. The van der Waals surface area contributed by atoms with Crippen molar-refractivity contribution < 1.29 is 9.18 Å². The van der Waals surface area contributed by atoms with Crippen molar-refractivity contribution in [3.8, 4) is 10.6 Å². The van der Waals surface area contributed by atoms with Gasteiger partial charge in [-0.15, -0.1) is 11.3 Å². The van der Waals surface area contributed by atoms with Crippen molar-refractivity contribution >= 4 is 61.6 Å². The third-order valence-corrected chi connectivity index (χ3v) is 7.13. The third-order valence-electron chi connectivity index (χ3n) is 5.15. The van der Waals surface area contributed by atoms with Gasteiger partial charge in [-0.1, -0.05) is 30.0 Å². The van der Waals surface area contributed by atoms with E-state index in [4.69, 9.17) is 5.73 Å². The number of thiazole rings is 1. The quantitative estimate of drug-likeness (QED) is 0.182. The van der Waals surface area contributed by atoms with Crippen LogP contribution in [-0.2, 0) is 0 Å². The number of hydrogen-bond donors (Lipinski definition) is 3. The van der Waals surface area contributed by atoms with Crippen LogP contribution in [0.2, 0.25) is 0 Å². The van der Waals surface area contributed by atoms with Gasteiger partial charge in [0.25, 0.3) is 0 Å². The van der Waals surface area contributed by atoms with Gasteiger partial charge in [0.2, 0.25) is 0 Å². The number of nitrogens with one attached hydrogen (secondary N) is 2. The fourth-order valence-electron chi connectivity index (χ4n) is 3.53. The van der Waals surface area contributed by atoms with Crippen molar-refractivity contribution in [2.24, 2.45) is 0 Å². The summed E-state index contributed by atoms with van der Waals surface area (Å²) in [6, 6.07) is 12.9. The number of aromatic nitrogens is 3. The Morgan fingerprint density at radius 3 is 2.79 bits per heavy atom. The van der Waals surface area contributed by atoms with E-state index in [2.05, 4.69) is 27.2 Å². The number of fused-ring (bicyclic) bond motifs is 1. The van der Waals surface area contributed by atoms with Gasteiger partial charge in [-0.2, -0.15) is 4.39 Å². The molecule has 0 saturated heterocycles. The lowest BCUT2D eigenvalue weighted by atomic mass is 10.2.